The monoisotopic (exact) mass is 3090 g/mol. The lowest BCUT2D eigenvalue weighted by molar-refractivity contribution is -0.231. The van der Waals surface area contributed by atoms with Gasteiger partial charge in [0, 0.05) is 30.6 Å². The Bertz CT molecular complexity index is 5080. The summed E-state index contributed by atoms with van der Waals surface area (Å²) in [5.41, 5.74) is -1.52. The fraction of sp³-hybridized carbons (Fsp3) is 0.385. The van der Waals surface area contributed by atoms with Gasteiger partial charge in [-0.15, -0.1) is 0 Å². The van der Waals surface area contributed by atoms with Crippen LogP contribution in [-0.4, -0.2) is 182 Å². The quantitative estimate of drug-likeness (QED) is 0.00800. The van der Waals surface area contributed by atoms with Gasteiger partial charge in [-0.1, -0.05) is 18.2 Å². The third-order valence-corrected chi connectivity index (χ3v) is 29.7. The Morgan fingerprint density at radius 1 is 0.422 bits per heavy atom. The standard InChI is InChI=1S/C22H22F3I3O7S.C11H9I3O7S.C8H7I3O4S.3C8H9IO4S/c23-22(24,25)16(9-36(31,32)33)35-19(30)21-6-11-1-12(7-21)5-20(4-11,10-21)18(29)34-8-13-2-14(26)3-15(27)17(13)28;12-6-3-7(13)11(8(14)4-6)21-10(16)5-9(15)20-1-2-22(17,18)19;9-5-3-6(10)8(7(11)4-5)15-1-2-16(12,13)14;9-7-1-3-8(4-2-7)13-5-6-14(10,11)12;9-7-2-1-3-8(6-7)13-4-5-14(10,11)12;9-7-3-1-2-4-8(7)13-5-6-14(10,11)12/h2-3,11-12,16H,1,4-10H2,(H,31,32,33);3-4H,1-2,5H2,(H,17,18,19);3-4H,1-2H2,(H,12,13,14);1-4H,5-6H2,(H,10,11,12);1-3,6H,4-5H2,(H,10,11,12);1-4H,5-6H2,(H,10,11,12)/p-6. The van der Waals surface area contributed by atoms with Crippen molar-refractivity contribution in [3.63, 3.8) is 0 Å². The van der Waals surface area contributed by atoms with Crippen LogP contribution in [0.25, 0.3) is 0 Å². The van der Waals surface area contributed by atoms with Crippen LogP contribution in [0.4, 0.5) is 13.2 Å². The van der Waals surface area contributed by atoms with Crippen molar-refractivity contribution < 1.29 is 148 Å². The SMILES string of the molecule is O=C(CC(=O)Oc1c(I)cc(I)cc1I)OCCS(=O)(=O)[O-].O=C(OCc1cc(I)cc(I)c1I)C12CC3CC(C1)CC(C(=O)OC(CS(=O)(=O)[O-])C(F)(F)F)(C3)C2.O=S(=O)([O-])CCOc1c(I)cc(I)cc1I.O=S(=O)([O-])CCOc1ccc(I)cc1.O=S(=O)([O-])CCOc1cccc(I)c1.O=S(=O)([O-])CCOc1ccccc1I. The maximum absolute atomic E-state index is 13.4. The average Bonchev–Trinajstić information content (AvgIpc) is 0.710. The van der Waals surface area contributed by atoms with Crippen LogP contribution in [0, 0.1) is 65.5 Å². The number of alkyl halides is 3. The number of benzene rings is 6. The number of ether oxygens (including phenoxy) is 8. The first kappa shape index (κ1) is 109. The molecule has 0 radical (unpaired) electrons. The second-order valence-corrected chi connectivity index (χ2v) is 47.8. The average molecular weight is 3090 g/mol. The van der Waals surface area contributed by atoms with Gasteiger partial charge in [0.15, 0.2) is 5.75 Å². The lowest BCUT2D eigenvalue weighted by Crippen LogP contribution is -2.59. The van der Waals surface area contributed by atoms with E-state index in [0.29, 0.717) is 48.7 Å². The van der Waals surface area contributed by atoms with E-state index < -0.39 is 155 Å². The fourth-order valence-corrected chi connectivity index (χ4v) is 24.5. The minimum Gasteiger partial charge on any atom is -0.748 e. The Kier molecular flexibility index (Phi) is 46.6. The van der Waals surface area contributed by atoms with Crippen LogP contribution < -0.4 is 23.7 Å². The summed E-state index contributed by atoms with van der Waals surface area (Å²) in [6.07, 6.45) is -6.70. The van der Waals surface area contributed by atoms with Gasteiger partial charge < -0.3 is 65.2 Å². The smallest absolute Gasteiger partial charge is 0.426 e. The number of hydrogen-bond acceptors (Lipinski definition) is 30. The molecular formula is C65H59F3I12O30S6-6. The highest BCUT2D eigenvalue weighted by Gasteiger charge is 2.65. The molecule has 116 heavy (non-hydrogen) atoms. The third kappa shape index (κ3) is 43.3. The number of hydrogen-bond donors (Lipinski definition) is 0. The largest absolute Gasteiger partial charge is 0.748 e. The van der Waals surface area contributed by atoms with Crippen LogP contribution in [0.5, 0.6) is 28.7 Å². The van der Waals surface area contributed by atoms with E-state index in [1.54, 1.807) is 42.5 Å². The van der Waals surface area contributed by atoms with Crippen LogP contribution in [0.1, 0.15) is 50.5 Å². The topological polar surface area (TPSA) is 485 Å². The molecule has 4 fully saturated rings. The predicted molar refractivity (Wildman–Crippen MR) is 507 cm³/mol. The Morgan fingerprint density at radius 3 is 1.32 bits per heavy atom. The van der Waals surface area contributed by atoms with Crippen LogP contribution >= 0.6 is 271 Å². The molecule has 4 aliphatic carbocycles. The van der Waals surface area contributed by atoms with Gasteiger partial charge in [0.25, 0.3) is 0 Å². The zero-order chi connectivity index (χ0) is 87.8. The Morgan fingerprint density at radius 2 is 0.853 bits per heavy atom. The van der Waals surface area contributed by atoms with Crippen molar-refractivity contribution in [2.75, 3.05) is 67.6 Å². The first-order valence-corrected chi connectivity index (χ1v) is 54.4. The second kappa shape index (κ2) is 49.7. The van der Waals surface area contributed by atoms with E-state index >= 15 is 0 Å². The first-order chi connectivity index (χ1) is 53.3. The van der Waals surface area contributed by atoms with E-state index in [-0.39, 0.29) is 64.1 Å². The molecule has 0 N–H and O–H groups in total. The van der Waals surface area contributed by atoms with E-state index in [4.69, 9.17) is 28.4 Å². The van der Waals surface area contributed by atoms with Gasteiger partial charge in [0.2, 0.25) is 6.10 Å². The lowest BCUT2D eigenvalue weighted by Gasteiger charge is -2.59. The predicted octanol–water partition coefficient (Wildman–Crippen LogP) is 13.1. The lowest BCUT2D eigenvalue weighted by atomic mass is 9.44. The maximum atomic E-state index is 13.4. The van der Waals surface area contributed by atoms with Gasteiger partial charge in [-0.05, 0) is 412 Å². The summed E-state index contributed by atoms with van der Waals surface area (Å²) in [5, 5.41) is 0. The molecule has 0 aliphatic heterocycles. The molecule has 0 amide bonds. The molecule has 0 spiro atoms. The molecule has 6 aromatic rings. The highest BCUT2D eigenvalue weighted by atomic mass is 127. The zero-order valence-electron chi connectivity index (χ0n) is 58.4. The molecule has 10 rings (SSSR count). The van der Waals surface area contributed by atoms with Gasteiger partial charge in [-0.25, -0.2) is 50.5 Å². The molecular weight excluding hydrogens is 3030 g/mol. The Labute approximate surface area is 830 Å². The Balaban J connectivity index is 0.000000308. The second-order valence-electron chi connectivity index (χ2n) is 24.4. The molecule has 6 aromatic carbocycles. The summed E-state index contributed by atoms with van der Waals surface area (Å²) in [4.78, 5) is 49.5. The van der Waals surface area contributed by atoms with E-state index in [9.17, 15) is 110 Å². The van der Waals surface area contributed by atoms with Gasteiger partial charge in [0.05, 0.1) is 124 Å². The highest BCUT2D eigenvalue weighted by Crippen LogP contribution is 2.66. The summed E-state index contributed by atoms with van der Waals surface area (Å²) < 4.78 is 279. The van der Waals surface area contributed by atoms with Gasteiger partial charge in [0.1, 0.15) is 69.1 Å². The molecule has 0 saturated heterocycles. The summed E-state index contributed by atoms with van der Waals surface area (Å²) >= 11 is 25.4. The molecule has 0 heterocycles. The maximum Gasteiger partial charge on any atom is 0.426 e. The van der Waals surface area contributed by atoms with Gasteiger partial charge >= 0.3 is 30.1 Å². The number of para-hydroxylation sites is 1. The fourth-order valence-electron chi connectivity index (χ4n) is 10.9. The van der Waals surface area contributed by atoms with Crippen molar-refractivity contribution in [1.82, 2.24) is 0 Å². The molecule has 3 atom stereocenters. The van der Waals surface area contributed by atoms with E-state index in [2.05, 4.69) is 235 Å². The van der Waals surface area contributed by atoms with Crippen molar-refractivity contribution in [3.8, 4) is 28.7 Å². The number of esters is 4. The van der Waals surface area contributed by atoms with Crippen molar-refractivity contribution in [3.05, 3.63) is 158 Å². The molecule has 4 bridgehead atoms. The van der Waals surface area contributed by atoms with E-state index in [0.717, 1.165) is 47.7 Å². The number of carbonyl (C=O) groups is 4. The highest BCUT2D eigenvalue weighted by molar-refractivity contribution is 14.1. The number of halogens is 15. The van der Waals surface area contributed by atoms with Gasteiger partial charge in [-0.3, -0.25) is 19.2 Å². The molecule has 3 unspecified atom stereocenters. The number of carbonyl (C=O) groups excluding carboxylic acids is 4. The van der Waals surface area contributed by atoms with Crippen LogP contribution in [0.3, 0.4) is 0 Å². The summed E-state index contributed by atoms with van der Waals surface area (Å²) in [7, 11) is -26.5. The van der Waals surface area contributed by atoms with Gasteiger partial charge in [-0.2, -0.15) is 13.2 Å². The van der Waals surface area contributed by atoms with E-state index in [1.807, 2.05) is 112 Å². The summed E-state index contributed by atoms with van der Waals surface area (Å²) in [6.45, 7) is -0.977. The number of rotatable bonds is 29. The summed E-state index contributed by atoms with van der Waals surface area (Å²) in [5.74, 6) is -5.59. The molecule has 51 heteroatoms. The van der Waals surface area contributed by atoms with Crippen molar-refractivity contribution in [2.24, 2.45) is 22.7 Å². The normalized spacial score (nSPS) is 17.1. The van der Waals surface area contributed by atoms with Crippen molar-refractivity contribution in [2.45, 2.75) is 63.8 Å². The zero-order valence-corrected chi connectivity index (χ0v) is 89.2. The first-order valence-electron chi connectivity index (χ1n) is 32.0. The molecule has 30 nitrogen and oxygen atoms in total. The third-order valence-electron chi connectivity index (χ3n) is 15.2. The minimum atomic E-state index is -5.30. The minimum absolute atomic E-state index is 0.0136. The van der Waals surface area contributed by atoms with Crippen LogP contribution in [-0.2, 0) is 101 Å². The molecule has 646 valence electrons. The molecule has 4 aliphatic rings. The molecule has 0 aromatic heterocycles. The Hall–Kier alpha value is 0.410. The van der Waals surface area contributed by atoms with Crippen molar-refractivity contribution >= 4 is 356 Å². The van der Waals surface area contributed by atoms with E-state index in [1.165, 1.54) is 0 Å². The summed E-state index contributed by atoms with van der Waals surface area (Å²) in [6, 6.07) is 32.8. The molecule has 4 saturated carbocycles. The van der Waals surface area contributed by atoms with Crippen LogP contribution in [0.15, 0.2) is 109 Å². The van der Waals surface area contributed by atoms with Crippen molar-refractivity contribution in [1.29, 1.82) is 0 Å². The van der Waals surface area contributed by atoms with Crippen LogP contribution in [0.2, 0.25) is 0 Å².